The van der Waals surface area contributed by atoms with Crippen LogP contribution in [0.3, 0.4) is 0 Å². The van der Waals surface area contributed by atoms with Gasteiger partial charge in [-0.25, -0.2) is 4.79 Å². The molecule has 0 unspecified atom stereocenters. The van der Waals surface area contributed by atoms with Gasteiger partial charge in [0.1, 0.15) is 0 Å². The van der Waals surface area contributed by atoms with Gasteiger partial charge in [-0.2, -0.15) is 4.80 Å². The largest absolute Gasteiger partial charge is 0.454 e. The van der Waals surface area contributed by atoms with Gasteiger partial charge in [0.05, 0.1) is 0 Å². The summed E-state index contributed by atoms with van der Waals surface area (Å²) in [5.74, 6) is -0.637. The van der Waals surface area contributed by atoms with Crippen LogP contribution in [0.4, 0.5) is 11.4 Å². The smallest absolute Gasteiger partial charge is 0.330 e. The number of rotatable bonds is 7. The maximum absolute atomic E-state index is 12.1. The van der Waals surface area contributed by atoms with Crippen molar-refractivity contribution < 1.29 is 19.1 Å². The fourth-order valence-corrected chi connectivity index (χ4v) is 3.28. The van der Waals surface area contributed by atoms with E-state index in [0.717, 1.165) is 28.0 Å². The predicted molar refractivity (Wildman–Crippen MR) is 116 cm³/mol. The Balaban J connectivity index is 1.24. The van der Waals surface area contributed by atoms with Gasteiger partial charge < -0.3 is 15.0 Å². The molecular weight excluding hydrogens is 412 g/mol. The van der Waals surface area contributed by atoms with E-state index in [9.17, 15) is 14.4 Å². The fourth-order valence-electron chi connectivity index (χ4n) is 3.28. The highest BCUT2D eigenvalue weighted by Gasteiger charge is 2.21. The first-order valence-corrected chi connectivity index (χ1v) is 10.2. The van der Waals surface area contributed by atoms with E-state index in [1.165, 1.54) is 0 Å². The van der Waals surface area contributed by atoms with Gasteiger partial charge in [0, 0.05) is 29.9 Å². The lowest BCUT2D eigenvalue weighted by atomic mass is 10.1. The van der Waals surface area contributed by atoms with Gasteiger partial charge in [-0.15, -0.1) is 10.2 Å². The number of anilines is 2. The second-order valence-corrected chi connectivity index (χ2v) is 7.41. The lowest BCUT2D eigenvalue weighted by Crippen LogP contribution is -2.24. The molecule has 0 atom stereocenters. The van der Waals surface area contributed by atoms with Crippen molar-refractivity contribution in [1.29, 1.82) is 0 Å². The van der Waals surface area contributed by atoms with E-state index in [-0.39, 0.29) is 12.5 Å². The summed E-state index contributed by atoms with van der Waals surface area (Å²) in [6.07, 6.45) is 1.40. The number of carbonyl (C=O) groups is 3. The van der Waals surface area contributed by atoms with Gasteiger partial charge in [0.2, 0.25) is 11.7 Å². The van der Waals surface area contributed by atoms with E-state index in [1.807, 2.05) is 31.2 Å². The van der Waals surface area contributed by atoms with Gasteiger partial charge >= 0.3 is 5.97 Å². The number of aromatic nitrogens is 4. The number of hydrogen-bond donors (Lipinski definition) is 1. The average molecular weight is 434 g/mol. The van der Waals surface area contributed by atoms with Crippen LogP contribution >= 0.6 is 0 Å². The van der Waals surface area contributed by atoms with Gasteiger partial charge in [0.15, 0.2) is 13.2 Å². The number of carbonyl (C=O) groups excluding carboxylic acids is 3. The van der Waals surface area contributed by atoms with Gasteiger partial charge in [-0.05, 0) is 42.8 Å². The maximum atomic E-state index is 12.1. The highest BCUT2D eigenvalue weighted by molar-refractivity contribution is 5.96. The molecule has 1 N–H and O–H groups in total. The Morgan fingerprint density at radius 1 is 1.09 bits per heavy atom. The summed E-state index contributed by atoms with van der Waals surface area (Å²) < 4.78 is 5.00. The molecule has 3 aromatic rings. The fraction of sp³-hybridized carbons (Fsp3) is 0.273. The van der Waals surface area contributed by atoms with E-state index >= 15 is 0 Å². The molecule has 10 nitrogen and oxygen atoms in total. The molecule has 32 heavy (non-hydrogen) atoms. The number of esters is 1. The van der Waals surface area contributed by atoms with Crippen LogP contribution in [-0.2, 0) is 25.7 Å². The third-order valence-electron chi connectivity index (χ3n) is 4.93. The Bertz CT molecular complexity index is 1120. The molecule has 0 radical (unpaired) electrons. The molecule has 1 fully saturated rings. The molecule has 1 saturated heterocycles. The number of ether oxygens (including phenoxy) is 1. The molecule has 0 aliphatic carbocycles. The van der Waals surface area contributed by atoms with Crippen LogP contribution in [0.1, 0.15) is 18.4 Å². The van der Waals surface area contributed by atoms with Gasteiger partial charge in [-0.1, -0.05) is 29.8 Å². The molecule has 4 rings (SSSR count). The maximum Gasteiger partial charge on any atom is 0.330 e. The third-order valence-corrected chi connectivity index (χ3v) is 4.93. The molecule has 164 valence electrons. The minimum atomic E-state index is -0.657. The van der Waals surface area contributed by atoms with Crippen molar-refractivity contribution in [2.24, 2.45) is 0 Å². The Hall–Kier alpha value is -4.08. The quantitative estimate of drug-likeness (QED) is 0.565. The number of nitrogens with zero attached hydrogens (tertiary/aromatic N) is 5. The number of hydrogen-bond acceptors (Lipinski definition) is 7. The second kappa shape index (κ2) is 9.38. The summed E-state index contributed by atoms with van der Waals surface area (Å²) in [6.45, 7) is 1.98. The van der Waals surface area contributed by atoms with Crippen LogP contribution in [-0.4, -0.2) is 51.1 Å². The van der Waals surface area contributed by atoms with Crippen LogP contribution in [0.5, 0.6) is 0 Å². The number of tetrazole rings is 1. The Labute approximate surface area is 184 Å². The molecule has 2 aromatic carbocycles. The van der Waals surface area contributed by atoms with Crippen LogP contribution < -0.4 is 10.2 Å². The zero-order chi connectivity index (χ0) is 22.5. The van der Waals surface area contributed by atoms with Crippen LogP contribution in [0.25, 0.3) is 11.4 Å². The van der Waals surface area contributed by atoms with Crippen molar-refractivity contribution in [3.8, 4) is 11.4 Å². The molecular formula is C22H22N6O4. The highest BCUT2D eigenvalue weighted by atomic mass is 16.5. The molecule has 2 amide bonds. The predicted octanol–water partition coefficient (Wildman–Crippen LogP) is 1.96. The van der Waals surface area contributed by atoms with Crippen molar-refractivity contribution in [3.63, 3.8) is 0 Å². The summed E-state index contributed by atoms with van der Waals surface area (Å²) in [5.41, 5.74) is 3.24. The Morgan fingerprint density at radius 2 is 1.84 bits per heavy atom. The van der Waals surface area contributed by atoms with E-state index in [1.54, 1.807) is 29.2 Å². The average Bonchev–Trinajstić information content (AvgIpc) is 3.42. The number of benzene rings is 2. The van der Waals surface area contributed by atoms with Crippen molar-refractivity contribution in [1.82, 2.24) is 20.2 Å². The first-order valence-electron chi connectivity index (χ1n) is 10.2. The topological polar surface area (TPSA) is 119 Å². The molecule has 10 heteroatoms. The molecule has 1 aromatic heterocycles. The van der Waals surface area contributed by atoms with Crippen LogP contribution in [0.15, 0.2) is 48.5 Å². The number of aryl methyl sites for hydroxylation is 1. The summed E-state index contributed by atoms with van der Waals surface area (Å²) in [4.78, 5) is 38.7. The first kappa shape index (κ1) is 21.2. The zero-order valence-electron chi connectivity index (χ0n) is 17.5. The normalized spacial score (nSPS) is 13.3. The molecule has 0 spiro atoms. The number of amides is 2. The summed E-state index contributed by atoms with van der Waals surface area (Å²) >= 11 is 0. The standard InChI is InChI=1S/C22H22N6O4/c1-15-4-6-16(7-5-15)22-24-26-28(25-22)13-21(31)32-14-19(29)23-17-8-10-18(11-9-17)27-12-2-3-20(27)30/h4-11H,2-3,12-14H2,1H3,(H,23,29). The van der Waals surface area contributed by atoms with Crippen molar-refractivity contribution in [2.75, 3.05) is 23.4 Å². The van der Waals surface area contributed by atoms with Crippen molar-refractivity contribution in [2.45, 2.75) is 26.3 Å². The monoisotopic (exact) mass is 434 g/mol. The number of nitrogens with one attached hydrogen (secondary N) is 1. The third kappa shape index (κ3) is 5.15. The summed E-state index contributed by atoms with van der Waals surface area (Å²) in [7, 11) is 0. The molecule has 0 bridgehead atoms. The van der Waals surface area contributed by atoms with Crippen molar-refractivity contribution in [3.05, 3.63) is 54.1 Å². The molecule has 1 aliphatic heterocycles. The minimum Gasteiger partial charge on any atom is -0.454 e. The SMILES string of the molecule is Cc1ccc(-c2nnn(CC(=O)OCC(=O)Nc3ccc(N4CCCC4=O)cc3)n2)cc1. The van der Waals surface area contributed by atoms with Gasteiger partial charge in [-0.3, -0.25) is 9.59 Å². The lowest BCUT2D eigenvalue weighted by molar-refractivity contribution is -0.148. The first-order chi connectivity index (χ1) is 15.5. The second-order valence-electron chi connectivity index (χ2n) is 7.41. The van der Waals surface area contributed by atoms with Crippen LogP contribution in [0, 0.1) is 6.92 Å². The summed E-state index contributed by atoms with van der Waals surface area (Å²) in [5, 5.41) is 14.6. The van der Waals surface area contributed by atoms with E-state index in [2.05, 4.69) is 20.7 Å². The van der Waals surface area contributed by atoms with E-state index in [4.69, 9.17) is 4.74 Å². The van der Waals surface area contributed by atoms with Gasteiger partial charge in [0.25, 0.3) is 5.91 Å². The Morgan fingerprint density at radius 3 is 2.53 bits per heavy atom. The molecule has 2 heterocycles. The zero-order valence-corrected chi connectivity index (χ0v) is 17.5. The minimum absolute atomic E-state index is 0.0987. The van der Waals surface area contributed by atoms with E-state index in [0.29, 0.717) is 24.5 Å². The Kier molecular flexibility index (Phi) is 6.20. The lowest BCUT2D eigenvalue weighted by Gasteiger charge is -2.16. The highest BCUT2D eigenvalue weighted by Crippen LogP contribution is 2.23. The van der Waals surface area contributed by atoms with Crippen LogP contribution in [0.2, 0.25) is 0 Å². The molecule has 0 saturated carbocycles. The van der Waals surface area contributed by atoms with Crippen molar-refractivity contribution >= 4 is 29.2 Å². The molecule has 1 aliphatic rings. The summed E-state index contributed by atoms with van der Waals surface area (Å²) in [6, 6.07) is 14.5. The van der Waals surface area contributed by atoms with E-state index < -0.39 is 18.5 Å².